The number of methoxy groups -OCH3 is 1. The van der Waals surface area contributed by atoms with E-state index in [0.29, 0.717) is 24.7 Å². The van der Waals surface area contributed by atoms with Gasteiger partial charge in [0.15, 0.2) is 11.5 Å². The predicted molar refractivity (Wildman–Crippen MR) is 74.7 cm³/mol. The van der Waals surface area contributed by atoms with E-state index in [4.69, 9.17) is 9.47 Å². The van der Waals surface area contributed by atoms with Gasteiger partial charge in [0.05, 0.1) is 13.7 Å². The van der Waals surface area contributed by atoms with Crippen LogP contribution < -0.4 is 9.47 Å². The molecule has 0 radical (unpaired) electrons. The molecule has 3 heteroatoms. The third-order valence-corrected chi connectivity index (χ3v) is 3.70. The monoisotopic (exact) mass is 262 g/mol. The quantitative estimate of drug-likeness (QED) is 0.704. The fourth-order valence-electron chi connectivity index (χ4n) is 2.62. The van der Waals surface area contributed by atoms with Gasteiger partial charge in [0.25, 0.3) is 0 Å². The highest BCUT2D eigenvalue weighted by molar-refractivity contribution is 5.81. The number of benzene rings is 1. The maximum atomic E-state index is 11.9. The summed E-state index contributed by atoms with van der Waals surface area (Å²) >= 11 is 0. The van der Waals surface area contributed by atoms with Crippen molar-refractivity contribution in [3.05, 3.63) is 24.3 Å². The van der Waals surface area contributed by atoms with E-state index in [1.165, 1.54) is 12.8 Å². The van der Waals surface area contributed by atoms with Gasteiger partial charge in [-0.1, -0.05) is 25.0 Å². The van der Waals surface area contributed by atoms with Gasteiger partial charge in [-0.15, -0.1) is 0 Å². The number of carbonyl (C=O) groups is 1. The summed E-state index contributed by atoms with van der Waals surface area (Å²) in [4.78, 5) is 11.9. The van der Waals surface area contributed by atoms with Crippen LogP contribution in [-0.4, -0.2) is 19.5 Å². The summed E-state index contributed by atoms with van der Waals surface area (Å²) in [7, 11) is 1.63. The summed E-state index contributed by atoms with van der Waals surface area (Å²) in [6.45, 7) is 0.568. The number of rotatable bonds is 7. The molecule has 1 saturated carbocycles. The molecule has 19 heavy (non-hydrogen) atoms. The van der Waals surface area contributed by atoms with E-state index in [2.05, 4.69) is 0 Å². The molecular formula is C16H22O3. The van der Waals surface area contributed by atoms with Gasteiger partial charge in [-0.3, -0.25) is 4.79 Å². The molecule has 0 aliphatic heterocycles. The highest BCUT2D eigenvalue weighted by atomic mass is 16.5. The molecule has 0 unspecified atom stereocenters. The maximum Gasteiger partial charge on any atom is 0.161 e. The Morgan fingerprint density at radius 1 is 1.21 bits per heavy atom. The first kappa shape index (κ1) is 13.9. The Bertz CT molecular complexity index is 408. The molecule has 0 N–H and O–H groups in total. The van der Waals surface area contributed by atoms with Crippen molar-refractivity contribution in [2.45, 2.75) is 38.5 Å². The van der Waals surface area contributed by atoms with E-state index in [1.54, 1.807) is 7.11 Å². The minimum atomic E-state index is 0.325. The van der Waals surface area contributed by atoms with Crippen LogP contribution in [0.2, 0.25) is 0 Å². The first-order chi connectivity index (χ1) is 9.31. The van der Waals surface area contributed by atoms with E-state index in [1.807, 2.05) is 24.3 Å². The lowest BCUT2D eigenvalue weighted by Gasteiger charge is -2.11. The Labute approximate surface area is 114 Å². The van der Waals surface area contributed by atoms with Crippen molar-refractivity contribution in [3.63, 3.8) is 0 Å². The summed E-state index contributed by atoms with van der Waals surface area (Å²) in [6, 6.07) is 7.59. The van der Waals surface area contributed by atoms with Crippen LogP contribution in [-0.2, 0) is 4.79 Å². The molecule has 2 rings (SSSR count). The number of ether oxygens (including phenoxy) is 2. The normalized spacial score (nSPS) is 15.4. The number of ketones is 1. The van der Waals surface area contributed by atoms with Crippen LogP contribution in [0.4, 0.5) is 0 Å². The van der Waals surface area contributed by atoms with E-state index >= 15 is 0 Å². The van der Waals surface area contributed by atoms with Gasteiger partial charge in [0.2, 0.25) is 0 Å². The Morgan fingerprint density at radius 2 is 1.89 bits per heavy atom. The fraction of sp³-hybridized carbons (Fsp3) is 0.562. The Balaban J connectivity index is 1.70. The average molecular weight is 262 g/mol. The highest BCUT2D eigenvalue weighted by Gasteiger charge is 2.21. The summed E-state index contributed by atoms with van der Waals surface area (Å²) in [5.41, 5.74) is 0. The second-order valence-electron chi connectivity index (χ2n) is 5.05. The number of Topliss-reactive ketones (excluding diaryl/α,β-unsaturated/α-hetero) is 1. The zero-order chi connectivity index (χ0) is 13.5. The van der Waals surface area contributed by atoms with Crippen LogP contribution >= 0.6 is 0 Å². The SMILES string of the molecule is COc1ccccc1OCCCC(=O)C1CCCC1. The molecule has 0 atom stereocenters. The molecule has 0 aromatic heterocycles. The highest BCUT2D eigenvalue weighted by Crippen LogP contribution is 2.28. The molecule has 1 aromatic rings. The summed E-state index contributed by atoms with van der Waals surface area (Å²) in [5.74, 6) is 2.23. The molecule has 1 aliphatic rings. The minimum Gasteiger partial charge on any atom is -0.493 e. The molecule has 0 bridgehead atoms. The van der Waals surface area contributed by atoms with E-state index in [-0.39, 0.29) is 0 Å². The van der Waals surface area contributed by atoms with Gasteiger partial charge in [-0.2, -0.15) is 0 Å². The predicted octanol–water partition coefficient (Wildman–Crippen LogP) is 3.61. The van der Waals surface area contributed by atoms with Gasteiger partial charge < -0.3 is 9.47 Å². The molecule has 3 nitrogen and oxygen atoms in total. The average Bonchev–Trinajstić information content (AvgIpc) is 2.98. The van der Waals surface area contributed by atoms with Crippen molar-refractivity contribution in [3.8, 4) is 11.5 Å². The molecule has 1 fully saturated rings. The minimum absolute atomic E-state index is 0.325. The Morgan fingerprint density at radius 3 is 2.58 bits per heavy atom. The molecule has 1 aliphatic carbocycles. The maximum absolute atomic E-state index is 11.9. The van der Waals surface area contributed by atoms with Crippen molar-refractivity contribution in [1.29, 1.82) is 0 Å². The third-order valence-electron chi connectivity index (χ3n) is 3.70. The van der Waals surface area contributed by atoms with Gasteiger partial charge in [0.1, 0.15) is 5.78 Å². The van der Waals surface area contributed by atoms with Gasteiger partial charge in [-0.05, 0) is 31.4 Å². The zero-order valence-corrected chi connectivity index (χ0v) is 11.6. The molecular weight excluding hydrogens is 240 g/mol. The lowest BCUT2D eigenvalue weighted by atomic mass is 9.99. The van der Waals surface area contributed by atoms with Crippen LogP contribution in [0.1, 0.15) is 38.5 Å². The van der Waals surface area contributed by atoms with E-state index in [9.17, 15) is 4.79 Å². The first-order valence-corrected chi connectivity index (χ1v) is 7.10. The van der Waals surface area contributed by atoms with Gasteiger partial charge >= 0.3 is 0 Å². The van der Waals surface area contributed by atoms with Crippen LogP contribution in [0.5, 0.6) is 11.5 Å². The fourth-order valence-corrected chi connectivity index (χ4v) is 2.62. The lowest BCUT2D eigenvalue weighted by Crippen LogP contribution is -2.12. The lowest BCUT2D eigenvalue weighted by molar-refractivity contribution is -0.122. The van der Waals surface area contributed by atoms with Crippen LogP contribution in [0.25, 0.3) is 0 Å². The Hall–Kier alpha value is -1.51. The summed E-state index contributed by atoms with van der Waals surface area (Å²) in [6.07, 6.45) is 6.04. The Kier molecular flexibility index (Phi) is 5.25. The third kappa shape index (κ3) is 3.98. The summed E-state index contributed by atoms with van der Waals surface area (Å²) < 4.78 is 10.9. The van der Waals surface area contributed by atoms with Crippen LogP contribution in [0.15, 0.2) is 24.3 Å². The number of hydrogen-bond acceptors (Lipinski definition) is 3. The largest absolute Gasteiger partial charge is 0.493 e. The van der Waals surface area contributed by atoms with Crippen molar-refractivity contribution in [1.82, 2.24) is 0 Å². The topological polar surface area (TPSA) is 35.5 Å². The standard InChI is InChI=1S/C16H22O3/c1-18-15-10-4-5-11-16(15)19-12-6-9-14(17)13-7-2-3-8-13/h4-5,10-11,13H,2-3,6-9,12H2,1H3. The molecule has 0 amide bonds. The second kappa shape index (κ2) is 7.17. The van der Waals surface area contributed by atoms with Gasteiger partial charge in [-0.25, -0.2) is 0 Å². The smallest absolute Gasteiger partial charge is 0.161 e. The molecule has 104 valence electrons. The van der Waals surface area contributed by atoms with Crippen molar-refractivity contribution in [2.24, 2.45) is 5.92 Å². The summed E-state index contributed by atoms with van der Waals surface area (Å²) in [5, 5.41) is 0. The van der Waals surface area contributed by atoms with Crippen molar-refractivity contribution < 1.29 is 14.3 Å². The number of carbonyl (C=O) groups excluding carboxylic acids is 1. The zero-order valence-electron chi connectivity index (χ0n) is 11.6. The number of hydrogen-bond donors (Lipinski definition) is 0. The second-order valence-corrected chi connectivity index (χ2v) is 5.05. The van der Waals surface area contributed by atoms with Crippen molar-refractivity contribution >= 4 is 5.78 Å². The van der Waals surface area contributed by atoms with Crippen LogP contribution in [0, 0.1) is 5.92 Å². The molecule has 0 saturated heterocycles. The van der Waals surface area contributed by atoms with Crippen LogP contribution in [0.3, 0.4) is 0 Å². The molecule has 0 spiro atoms. The molecule has 0 heterocycles. The number of para-hydroxylation sites is 2. The van der Waals surface area contributed by atoms with Gasteiger partial charge in [0, 0.05) is 12.3 Å². The molecule has 1 aromatic carbocycles. The first-order valence-electron chi connectivity index (χ1n) is 7.10. The van der Waals surface area contributed by atoms with Crippen molar-refractivity contribution in [2.75, 3.05) is 13.7 Å². The van der Waals surface area contributed by atoms with E-state index < -0.39 is 0 Å². The van der Waals surface area contributed by atoms with E-state index in [0.717, 1.165) is 30.8 Å².